The van der Waals surface area contributed by atoms with Crippen LogP contribution in [0.3, 0.4) is 0 Å². The number of hydrogen-bond acceptors (Lipinski definition) is 3. The molecule has 2 heterocycles. The Kier molecular flexibility index (Phi) is 4.53. The lowest BCUT2D eigenvalue weighted by atomic mass is 10.1. The van der Waals surface area contributed by atoms with Gasteiger partial charge in [-0.1, -0.05) is 6.07 Å². The number of hydrogen-bond donors (Lipinski definition) is 1. The molecule has 0 aliphatic carbocycles. The standard InChI is InChI=1S/C17H23N4O/c1-14-19-16-12-15(5-6-17(16)22-14)4-2-8-20-10-11-21(13-20)9-3-7-18/h5-6,10-13H,2-4,7-9,18H2,1H3/q+1. The molecule has 0 aliphatic rings. The Bertz CT molecular complexity index is 744. The quantitative estimate of drug-likeness (QED) is 0.680. The van der Waals surface area contributed by atoms with Gasteiger partial charge in [0.2, 0.25) is 6.33 Å². The molecule has 0 atom stereocenters. The van der Waals surface area contributed by atoms with Crippen LogP contribution in [0.1, 0.15) is 24.3 Å². The lowest BCUT2D eigenvalue weighted by Gasteiger charge is -2.00. The molecule has 0 unspecified atom stereocenters. The molecule has 5 nitrogen and oxygen atoms in total. The van der Waals surface area contributed by atoms with Crippen molar-refractivity contribution >= 4 is 11.1 Å². The minimum Gasteiger partial charge on any atom is -0.441 e. The number of aromatic nitrogens is 3. The van der Waals surface area contributed by atoms with Gasteiger partial charge in [-0.25, -0.2) is 14.1 Å². The first-order valence-corrected chi connectivity index (χ1v) is 7.85. The molecule has 0 spiro atoms. The average Bonchev–Trinajstić information content (AvgIpc) is 3.10. The van der Waals surface area contributed by atoms with Gasteiger partial charge in [0, 0.05) is 6.92 Å². The van der Waals surface area contributed by atoms with Gasteiger partial charge >= 0.3 is 0 Å². The fraction of sp³-hybridized carbons (Fsp3) is 0.412. The Balaban J connectivity index is 1.54. The zero-order valence-corrected chi connectivity index (χ0v) is 13.0. The van der Waals surface area contributed by atoms with Crippen molar-refractivity contribution in [3.8, 4) is 0 Å². The normalized spacial score (nSPS) is 11.4. The predicted octanol–water partition coefficient (Wildman–Crippen LogP) is 2.21. The summed E-state index contributed by atoms with van der Waals surface area (Å²) in [5.41, 5.74) is 8.67. The summed E-state index contributed by atoms with van der Waals surface area (Å²) in [6.45, 7) is 4.63. The molecule has 0 saturated carbocycles. The Labute approximate surface area is 130 Å². The molecule has 0 bridgehead atoms. The van der Waals surface area contributed by atoms with Gasteiger partial charge in [-0.3, -0.25) is 0 Å². The second-order valence-corrected chi connectivity index (χ2v) is 5.67. The van der Waals surface area contributed by atoms with Crippen molar-refractivity contribution in [2.75, 3.05) is 6.54 Å². The van der Waals surface area contributed by atoms with Gasteiger partial charge in [-0.15, -0.1) is 0 Å². The average molecular weight is 299 g/mol. The van der Waals surface area contributed by atoms with E-state index in [-0.39, 0.29) is 0 Å². The number of nitrogens with two attached hydrogens (primary N) is 1. The number of rotatable bonds is 7. The summed E-state index contributed by atoms with van der Waals surface area (Å²) in [5.74, 6) is 0.724. The van der Waals surface area contributed by atoms with E-state index in [2.05, 4.69) is 45.0 Å². The Morgan fingerprint density at radius 3 is 3.09 bits per heavy atom. The van der Waals surface area contributed by atoms with E-state index in [0.29, 0.717) is 0 Å². The molecular weight excluding hydrogens is 276 g/mol. The number of nitrogens with zero attached hydrogens (tertiary/aromatic N) is 3. The molecule has 1 aromatic carbocycles. The van der Waals surface area contributed by atoms with Crippen molar-refractivity contribution in [1.82, 2.24) is 9.55 Å². The van der Waals surface area contributed by atoms with Crippen molar-refractivity contribution < 1.29 is 8.98 Å². The first-order chi connectivity index (χ1) is 10.7. The third-order valence-electron chi connectivity index (χ3n) is 3.81. The molecule has 0 radical (unpaired) electrons. The Morgan fingerprint density at radius 2 is 2.23 bits per heavy atom. The molecule has 0 amide bonds. The van der Waals surface area contributed by atoms with Crippen molar-refractivity contribution in [1.29, 1.82) is 0 Å². The van der Waals surface area contributed by atoms with E-state index in [1.165, 1.54) is 5.56 Å². The van der Waals surface area contributed by atoms with Crippen molar-refractivity contribution in [3.63, 3.8) is 0 Å². The monoisotopic (exact) mass is 299 g/mol. The molecule has 0 aliphatic heterocycles. The largest absolute Gasteiger partial charge is 0.441 e. The van der Waals surface area contributed by atoms with Gasteiger partial charge in [0.15, 0.2) is 11.5 Å². The van der Waals surface area contributed by atoms with Crippen molar-refractivity contribution in [3.05, 3.63) is 48.4 Å². The van der Waals surface area contributed by atoms with Crippen molar-refractivity contribution in [2.45, 2.75) is 39.3 Å². The Morgan fingerprint density at radius 1 is 1.32 bits per heavy atom. The molecule has 2 N–H and O–H groups in total. The van der Waals surface area contributed by atoms with E-state index in [1.807, 2.05) is 13.0 Å². The molecule has 0 fully saturated rings. The third kappa shape index (κ3) is 3.54. The lowest BCUT2D eigenvalue weighted by Crippen LogP contribution is -2.31. The summed E-state index contributed by atoms with van der Waals surface area (Å²) in [6.07, 6.45) is 9.56. The maximum Gasteiger partial charge on any atom is 0.243 e. The van der Waals surface area contributed by atoms with Crippen LogP contribution in [0.15, 0.2) is 41.3 Å². The highest BCUT2D eigenvalue weighted by molar-refractivity contribution is 5.73. The molecule has 3 rings (SSSR count). The fourth-order valence-electron chi connectivity index (χ4n) is 2.69. The predicted molar refractivity (Wildman–Crippen MR) is 85.4 cm³/mol. The zero-order chi connectivity index (χ0) is 15.4. The topological polar surface area (TPSA) is 60.9 Å². The molecule has 0 saturated heterocycles. The van der Waals surface area contributed by atoms with E-state index in [9.17, 15) is 0 Å². The van der Waals surface area contributed by atoms with E-state index in [1.54, 1.807) is 0 Å². The number of oxazole rings is 1. The second-order valence-electron chi connectivity index (χ2n) is 5.67. The summed E-state index contributed by atoms with van der Waals surface area (Å²) in [7, 11) is 0. The lowest BCUT2D eigenvalue weighted by molar-refractivity contribution is -0.696. The van der Waals surface area contributed by atoms with Gasteiger partial charge in [0.1, 0.15) is 17.9 Å². The van der Waals surface area contributed by atoms with Crippen LogP contribution in [0, 0.1) is 6.92 Å². The summed E-state index contributed by atoms with van der Waals surface area (Å²) in [6, 6.07) is 6.27. The van der Waals surface area contributed by atoms with Crippen LogP contribution >= 0.6 is 0 Å². The minimum atomic E-state index is 0.724. The molecule has 22 heavy (non-hydrogen) atoms. The minimum absolute atomic E-state index is 0.724. The van der Waals surface area contributed by atoms with Crippen LogP contribution < -0.4 is 10.3 Å². The summed E-state index contributed by atoms with van der Waals surface area (Å²) >= 11 is 0. The van der Waals surface area contributed by atoms with Gasteiger partial charge < -0.3 is 10.2 Å². The van der Waals surface area contributed by atoms with Crippen LogP contribution in [0.25, 0.3) is 11.1 Å². The highest BCUT2D eigenvalue weighted by Crippen LogP contribution is 2.17. The molecular formula is C17H23N4O+. The Hall–Kier alpha value is -2.14. The number of fused-ring (bicyclic) bond motifs is 1. The van der Waals surface area contributed by atoms with E-state index < -0.39 is 0 Å². The smallest absolute Gasteiger partial charge is 0.243 e. The van der Waals surface area contributed by atoms with E-state index in [4.69, 9.17) is 10.2 Å². The van der Waals surface area contributed by atoms with Crippen LogP contribution in [-0.4, -0.2) is 16.1 Å². The SMILES string of the molecule is Cc1nc2cc(CCC[n+]3ccn(CCCN)c3)ccc2o1. The van der Waals surface area contributed by atoms with Crippen LogP contribution in [0.2, 0.25) is 0 Å². The maximum atomic E-state index is 5.54. The highest BCUT2D eigenvalue weighted by atomic mass is 16.3. The zero-order valence-electron chi connectivity index (χ0n) is 13.0. The van der Waals surface area contributed by atoms with Crippen LogP contribution in [0.5, 0.6) is 0 Å². The molecule has 3 aromatic rings. The number of imidazole rings is 1. The van der Waals surface area contributed by atoms with E-state index >= 15 is 0 Å². The van der Waals surface area contributed by atoms with Crippen LogP contribution in [0.4, 0.5) is 0 Å². The second kappa shape index (κ2) is 6.75. The van der Waals surface area contributed by atoms with Gasteiger partial charge in [0.25, 0.3) is 0 Å². The first kappa shape index (κ1) is 14.8. The van der Waals surface area contributed by atoms with Gasteiger partial charge in [-0.2, -0.15) is 0 Å². The fourth-order valence-corrected chi connectivity index (χ4v) is 2.69. The molecule has 116 valence electrons. The third-order valence-corrected chi connectivity index (χ3v) is 3.81. The summed E-state index contributed by atoms with van der Waals surface area (Å²) < 4.78 is 9.93. The van der Waals surface area contributed by atoms with Gasteiger partial charge in [0.05, 0.1) is 13.1 Å². The highest BCUT2D eigenvalue weighted by Gasteiger charge is 2.05. The van der Waals surface area contributed by atoms with Crippen molar-refractivity contribution in [2.24, 2.45) is 5.73 Å². The van der Waals surface area contributed by atoms with Gasteiger partial charge in [-0.05, 0) is 43.5 Å². The summed E-state index contributed by atoms with van der Waals surface area (Å²) in [5, 5.41) is 0. The number of aryl methyl sites for hydroxylation is 4. The maximum absolute atomic E-state index is 5.54. The van der Waals surface area contributed by atoms with E-state index in [0.717, 1.165) is 55.9 Å². The number of benzene rings is 1. The molecule has 2 aromatic heterocycles. The van der Waals surface area contributed by atoms with Crippen LogP contribution in [-0.2, 0) is 19.5 Å². The molecule has 5 heteroatoms. The first-order valence-electron chi connectivity index (χ1n) is 7.85. The summed E-state index contributed by atoms with van der Waals surface area (Å²) in [4.78, 5) is 4.39.